The molecule has 0 saturated heterocycles. The lowest BCUT2D eigenvalue weighted by Crippen LogP contribution is -2.60. The van der Waals surface area contributed by atoms with Gasteiger partial charge in [-0.15, -0.1) is 0 Å². The normalized spacial score (nSPS) is 33.5. The van der Waals surface area contributed by atoms with Crippen molar-refractivity contribution in [2.24, 2.45) is 11.8 Å². The van der Waals surface area contributed by atoms with Gasteiger partial charge in [-0.3, -0.25) is 0 Å². The van der Waals surface area contributed by atoms with Crippen LogP contribution in [-0.4, -0.2) is 41.1 Å². The van der Waals surface area contributed by atoms with Gasteiger partial charge in [0.1, 0.15) is 0 Å². The number of hydrogen-bond donors (Lipinski definition) is 3. The van der Waals surface area contributed by atoms with E-state index in [1.165, 1.54) is 51.4 Å². The van der Waals surface area contributed by atoms with Crippen molar-refractivity contribution in [1.29, 1.82) is 0 Å². The van der Waals surface area contributed by atoms with Crippen molar-refractivity contribution in [2.75, 3.05) is 19.7 Å². The Morgan fingerprint density at radius 1 is 0.870 bits per heavy atom. The Morgan fingerprint density at radius 2 is 1.39 bits per heavy atom. The summed E-state index contributed by atoms with van der Waals surface area (Å²) in [6.45, 7) is 9.78. The van der Waals surface area contributed by atoms with Crippen LogP contribution in [0, 0.1) is 11.8 Å². The van der Waals surface area contributed by atoms with Gasteiger partial charge in [0.15, 0.2) is 0 Å². The Bertz CT molecular complexity index is 295. The third kappa shape index (κ3) is 6.82. The van der Waals surface area contributed by atoms with Crippen LogP contribution in [0.1, 0.15) is 72.1 Å². The van der Waals surface area contributed by atoms with Crippen molar-refractivity contribution in [3.8, 4) is 0 Å². The minimum atomic E-state index is -1.54. The van der Waals surface area contributed by atoms with Crippen LogP contribution in [0.4, 0.5) is 0 Å². The van der Waals surface area contributed by atoms with E-state index in [1.807, 2.05) is 0 Å². The molecule has 4 unspecified atom stereocenters. The van der Waals surface area contributed by atoms with Crippen LogP contribution in [0.5, 0.6) is 0 Å². The van der Waals surface area contributed by atoms with E-state index in [1.54, 1.807) is 0 Å². The van der Waals surface area contributed by atoms with Gasteiger partial charge in [0.25, 0.3) is 0 Å². The van der Waals surface area contributed by atoms with E-state index in [2.05, 4.69) is 36.1 Å². The van der Waals surface area contributed by atoms with Gasteiger partial charge in [0.05, 0.1) is 0 Å². The third-order valence-corrected chi connectivity index (χ3v) is 7.80. The first-order valence-corrected chi connectivity index (χ1v) is 11.7. The zero-order valence-corrected chi connectivity index (χ0v) is 16.7. The molecule has 4 nitrogen and oxygen atoms in total. The molecular weight excluding hydrogens is 302 g/mol. The first kappa shape index (κ1) is 19.4. The molecule has 3 N–H and O–H groups in total. The lowest BCUT2D eigenvalue weighted by Gasteiger charge is -2.36. The highest BCUT2D eigenvalue weighted by molar-refractivity contribution is 6.46. The van der Waals surface area contributed by atoms with E-state index >= 15 is 0 Å². The molecule has 0 heterocycles. The molecular formula is C18H39N3OSi. The van der Waals surface area contributed by atoms with Crippen molar-refractivity contribution in [2.45, 2.75) is 84.2 Å². The minimum absolute atomic E-state index is 0.658. The SMILES string of the molecule is CCNCCO[SiH](NC1CCCCC1C)NC1CCCCC1C. The molecule has 2 rings (SSSR count). The summed E-state index contributed by atoms with van der Waals surface area (Å²) in [6, 6.07) is 1.32. The van der Waals surface area contributed by atoms with Gasteiger partial charge in [-0.25, -0.2) is 0 Å². The van der Waals surface area contributed by atoms with Gasteiger partial charge >= 0.3 is 9.36 Å². The van der Waals surface area contributed by atoms with Gasteiger partial charge in [0, 0.05) is 25.2 Å². The van der Waals surface area contributed by atoms with E-state index in [0.717, 1.165) is 31.5 Å². The largest absolute Gasteiger partial charge is 0.393 e. The maximum Gasteiger partial charge on any atom is 0.335 e. The fraction of sp³-hybridized carbons (Fsp3) is 1.00. The highest BCUT2D eigenvalue weighted by atomic mass is 28.3. The van der Waals surface area contributed by atoms with Crippen molar-refractivity contribution in [3.63, 3.8) is 0 Å². The fourth-order valence-corrected chi connectivity index (χ4v) is 6.50. The Balaban J connectivity index is 1.84. The monoisotopic (exact) mass is 341 g/mol. The number of hydrogen-bond acceptors (Lipinski definition) is 4. The van der Waals surface area contributed by atoms with Crippen molar-refractivity contribution < 1.29 is 4.43 Å². The predicted octanol–water partition coefficient (Wildman–Crippen LogP) is 2.67. The Morgan fingerprint density at radius 3 is 1.87 bits per heavy atom. The maximum atomic E-state index is 6.30. The van der Waals surface area contributed by atoms with Gasteiger partial charge in [-0.1, -0.05) is 46.5 Å². The van der Waals surface area contributed by atoms with Crippen LogP contribution in [0.25, 0.3) is 0 Å². The number of likely N-dealkylation sites (N-methyl/N-ethyl adjacent to an activating group) is 1. The molecule has 0 bridgehead atoms. The number of rotatable bonds is 9. The smallest absolute Gasteiger partial charge is 0.335 e. The van der Waals surface area contributed by atoms with E-state index in [4.69, 9.17) is 4.43 Å². The molecule has 23 heavy (non-hydrogen) atoms. The highest BCUT2D eigenvalue weighted by Crippen LogP contribution is 2.25. The molecule has 0 radical (unpaired) electrons. The molecule has 0 amide bonds. The molecule has 2 aliphatic carbocycles. The summed E-state index contributed by atoms with van der Waals surface area (Å²) in [5.74, 6) is 1.59. The second-order valence-electron chi connectivity index (χ2n) is 7.67. The average molecular weight is 342 g/mol. The van der Waals surface area contributed by atoms with Crippen LogP contribution in [0.2, 0.25) is 0 Å². The third-order valence-electron chi connectivity index (χ3n) is 5.77. The minimum Gasteiger partial charge on any atom is -0.393 e. The Kier molecular flexibility index (Phi) is 9.12. The van der Waals surface area contributed by atoms with Crippen LogP contribution in [0.15, 0.2) is 0 Å². The second kappa shape index (κ2) is 10.8. The molecule has 0 aliphatic heterocycles. The van der Waals surface area contributed by atoms with Gasteiger partial charge in [0.2, 0.25) is 0 Å². The molecule has 2 saturated carbocycles. The zero-order valence-electron chi connectivity index (χ0n) is 15.6. The molecule has 2 aliphatic rings. The van der Waals surface area contributed by atoms with Crippen LogP contribution >= 0.6 is 0 Å². The summed E-state index contributed by atoms with van der Waals surface area (Å²) in [6.07, 6.45) is 10.9. The van der Waals surface area contributed by atoms with Crippen molar-refractivity contribution in [1.82, 2.24) is 15.3 Å². The van der Waals surface area contributed by atoms with Crippen LogP contribution in [0.3, 0.4) is 0 Å². The zero-order chi connectivity index (χ0) is 16.5. The molecule has 0 aromatic carbocycles. The van der Waals surface area contributed by atoms with E-state index in [-0.39, 0.29) is 0 Å². The Hall–Kier alpha value is 0.0569. The Labute approximate surface area is 145 Å². The maximum absolute atomic E-state index is 6.30. The second-order valence-corrected chi connectivity index (χ2v) is 9.43. The molecule has 4 atom stereocenters. The summed E-state index contributed by atoms with van der Waals surface area (Å²) in [7, 11) is -1.54. The molecule has 2 fully saturated rings. The van der Waals surface area contributed by atoms with Gasteiger partial charge < -0.3 is 19.7 Å². The van der Waals surface area contributed by atoms with E-state index in [9.17, 15) is 0 Å². The summed E-state index contributed by atoms with van der Waals surface area (Å²) in [5.41, 5.74) is 0. The molecule has 5 heteroatoms. The van der Waals surface area contributed by atoms with Crippen LogP contribution in [-0.2, 0) is 4.43 Å². The van der Waals surface area contributed by atoms with Gasteiger partial charge in [-0.2, -0.15) is 0 Å². The van der Waals surface area contributed by atoms with Gasteiger partial charge in [-0.05, 0) is 44.1 Å². The predicted molar refractivity (Wildman–Crippen MR) is 101 cm³/mol. The summed E-state index contributed by atoms with van der Waals surface area (Å²) < 4.78 is 6.30. The van der Waals surface area contributed by atoms with Crippen molar-refractivity contribution >= 4 is 9.36 Å². The van der Waals surface area contributed by atoms with Crippen LogP contribution < -0.4 is 15.3 Å². The lowest BCUT2D eigenvalue weighted by molar-refractivity contribution is 0.242. The molecule has 0 spiro atoms. The average Bonchev–Trinajstić information content (AvgIpc) is 2.55. The topological polar surface area (TPSA) is 45.3 Å². The van der Waals surface area contributed by atoms with E-state index < -0.39 is 9.36 Å². The summed E-state index contributed by atoms with van der Waals surface area (Å²) in [5, 5.41) is 3.37. The highest BCUT2D eigenvalue weighted by Gasteiger charge is 2.29. The fourth-order valence-electron chi connectivity index (χ4n) is 4.09. The lowest BCUT2D eigenvalue weighted by atomic mass is 9.87. The molecule has 136 valence electrons. The standard InChI is InChI=1S/C18H39N3OSi/c1-4-19-13-14-22-23(20-17-11-7-5-9-15(17)2)21-18-12-8-6-10-16(18)3/h15-21,23H,4-14H2,1-3H3. The quantitative estimate of drug-likeness (QED) is 0.446. The summed E-state index contributed by atoms with van der Waals surface area (Å²) >= 11 is 0. The first-order chi connectivity index (χ1) is 11.2. The number of nitrogens with one attached hydrogen (secondary N) is 3. The molecule has 0 aromatic heterocycles. The van der Waals surface area contributed by atoms with E-state index in [0.29, 0.717) is 12.1 Å². The first-order valence-electron chi connectivity index (χ1n) is 10.0. The molecule has 0 aromatic rings. The van der Waals surface area contributed by atoms with Crippen molar-refractivity contribution in [3.05, 3.63) is 0 Å². The summed E-state index contributed by atoms with van der Waals surface area (Å²) in [4.78, 5) is 7.86.